The highest BCUT2D eigenvalue weighted by Gasteiger charge is 2.35. The van der Waals surface area contributed by atoms with Crippen molar-refractivity contribution in [1.82, 2.24) is 10.2 Å². The molecule has 0 aliphatic heterocycles. The Bertz CT molecular complexity index is 1080. The molecule has 2 aromatic carbocycles. The van der Waals surface area contributed by atoms with Gasteiger partial charge in [0.25, 0.3) is 5.91 Å². The van der Waals surface area contributed by atoms with Crippen LogP contribution >= 0.6 is 0 Å². The third kappa shape index (κ3) is 5.48. The number of carbonyl (C=O) groups is 2. The van der Waals surface area contributed by atoms with Gasteiger partial charge in [0.15, 0.2) is 5.76 Å². The third-order valence-electron chi connectivity index (χ3n) is 5.99. The lowest BCUT2D eigenvalue weighted by Crippen LogP contribution is -2.46. The average Bonchev–Trinajstić information content (AvgIpc) is 3.36. The summed E-state index contributed by atoms with van der Waals surface area (Å²) in [4.78, 5) is 28.3. The van der Waals surface area contributed by atoms with Crippen molar-refractivity contribution in [3.63, 3.8) is 0 Å². The van der Waals surface area contributed by atoms with Gasteiger partial charge in [0.05, 0.1) is 12.8 Å². The van der Waals surface area contributed by atoms with Crippen LogP contribution in [0.4, 0.5) is 8.78 Å². The Kier molecular flexibility index (Phi) is 7.17. The van der Waals surface area contributed by atoms with Gasteiger partial charge in [-0.1, -0.05) is 49.6 Å². The zero-order valence-electron chi connectivity index (χ0n) is 18.2. The van der Waals surface area contributed by atoms with Crippen LogP contribution < -0.4 is 5.32 Å². The maximum atomic E-state index is 14.5. The molecule has 7 heteroatoms. The van der Waals surface area contributed by atoms with E-state index in [1.54, 1.807) is 24.3 Å². The zero-order chi connectivity index (χ0) is 23.2. The number of amides is 2. The number of furan rings is 1. The van der Waals surface area contributed by atoms with Gasteiger partial charge in [-0.2, -0.15) is 0 Å². The van der Waals surface area contributed by atoms with Crippen LogP contribution in [-0.4, -0.2) is 22.8 Å². The summed E-state index contributed by atoms with van der Waals surface area (Å²) in [6, 6.07) is 13.5. The monoisotopic (exact) mass is 452 g/mol. The van der Waals surface area contributed by atoms with Gasteiger partial charge < -0.3 is 14.6 Å². The topological polar surface area (TPSA) is 62.6 Å². The summed E-state index contributed by atoms with van der Waals surface area (Å²) in [5.41, 5.74) is 0.691. The molecule has 0 spiro atoms. The second kappa shape index (κ2) is 10.4. The Morgan fingerprint density at radius 3 is 2.36 bits per heavy atom. The highest BCUT2D eigenvalue weighted by Crippen LogP contribution is 2.28. The van der Waals surface area contributed by atoms with Gasteiger partial charge in [0.2, 0.25) is 5.91 Å². The minimum Gasteiger partial charge on any atom is -0.459 e. The fourth-order valence-corrected chi connectivity index (χ4v) is 4.28. The summed E-state index contributed by atoms with van der Waals surface area (Å²) in [5, 5.41) is 3.06. The molecule has 172 valence electrons. The molecule has 1 aliphatic rings. The first kappa shape index (κ1) is 22.7. The molecule has 0 unspecified atom stereocenters. The summed E-state index contributed by atoms with van der Waals surface area (Å²) in [5.74, 6) is -1.85. The fraction of sp³-hybridized carbons (Fsp3) is 0.308. The third-order valence-corrected chi connectivity index (χ3v) is 5.99. The van der Waals surface area contributed by atoms with E-state index in [1.807, 2.05) is 0 Å². The number of rotatable bonds is 7. The van der Waals surface area contributed by atoms with Crippen molar-refractivity contribution in [1.29, 1.82) is 0 Å². The summed E-state index contributed by atoms with van der Waals surface area (Å²) in [7, 11) is 0. The van der Waals surface area contributed by atoms with E-state index in [1.165, 1.54) is 47.6 Å². The lowest BCUT2D eigenvalue weighted by atomic mass is 9.94. The summed E-state index contributed by atoms with van der Waals surface area (Å²) >= 11 is 0. The number of hydrogen-bond acceptors (Lipinski definition) is 3. The predicted molar refractivity (Wildman–Crippen MR) is 119 cm³/mol. The fourth-order valence-electron chi connectivity index (χ4n) is 4.28. The maximum Gasteiger partial charge on any atom is 0.290 e. The SMILES string of the molecule is O=C(NC1CCCCC1)[C@@H](c1ccc(F)cc1)N(Cc1ccccc1F)C(=O)c1ccco1. The second-order valence-electron chi connectivity index (χ2n) is 8.30. The Labute approximate surface area is 191 Å². The number of nitrogens with one attached hydrogen (secondary N) is 1. The summed E-state index contributed by atoms with van der Waals surface area (Å²) in [6.07, 6.45) is 6.27. The zero-order valence-corrected chi connectivity index (χ0v) is 18.2. The van der Waals surface area contributed by atoms with Gasteiger partial charge in [-0.25, -0.2) is 8.78 Å². The van der Waals surface area contributed by atoms with Crippen molar-refractivity contribution in [2.75, 3.05) is 0 Å². The Morgan fingerprint density at radius 2 is 1.70 bits per heavy atom. The molecule has 0 radical (unpaired) electrons. The van der Waals surface area contributed by atoms with Crippen molar-refractivity contribution >= 4 is 11.8 Å². The van der Waals surface area contributed by atoms with Gasteiger partial charge in [-0.05, 0) is 48.7 Å². The van der Waals surface area contributed by atoms with Crippen LogP contribution in [-0.2, 0) is 11.3 Å². The first-order valence-corrected chi connectivity index (χ1v) is 11.2. The van der Waals surface area contributed by atoms with E-state index in [0.29, 0.717) is 5.56 Å². The van der Waals surface area contributed by atoms with Crippen LogP contribution in [0, 0.1) is 11.6 Å². The number of carbonyl (C=O) groups excluding carboxylic acids is 2. The van der Waals surface area contributed by atoms with E-state index in [4.69, 9.17) is 4.42 Å². The smallest absolute Gasteiger partial charge is 0.290 e. The Balaban J connectivity index is 1.73. The standard InChI is InChI=1S/C26H26F2N2O3/c27-20-14-12-18(13-15-20)24(25(31)29-21-8-2-1-3-9-21)30(26(32)23-11-6-16-33-23)17-19-7-4-5-10-22(19)28/h4-7,10-16,21,24H,1-3,8-9,17H2,(H,29,31)/t24-/m1/s1. The predicted octanol–water partition coefficient (Wildman–Crippen LogP) is 5.39. The molecular formula is C26H26F2N2O3. The number of halogens is 2. The van der Waals surface area contributed by atoms with Crippen LogP contribution in [0.2, 0.25) is 0 Å². The quantitative estimate of drug-likeness (QED) is 0.523. The molecule has 1 heterocycles. The van der Waals surface area contributed by atoms with E-state index in [-0.39, 0.29) is 29.8 Å². The molecule has 0 bridgehead atoms. The van der Waals surface area contributed by atoms with E-state index >= 15 is 0 Å². The number of benzene rings is 2. The van der Waals surface area contributed by atoms with E-state index < -0.39 is 23.6 Å². The van der Waals surface area contributed by atoms with Crippen molar-refractivity contribution in [3.8, 4) is 0 Å². The normalized spacial score (nSPS) is 15.1. The molecule has 1 aliphatic carbocycles. The molecule has 1 saturated carbocycles. The van der Waals surface area contributed by atoms with Crippen LogP contribution in [0.3, 0.4) is 0 Å². The van der Waals surface area contributed by atoms with Crippen molar-refractivity contribution in [2.24, 2.45) is 0 Å². The van der Waals surface area contributed by atoms with Gasteiger partial charge in [-0.3, -0.25) is 9.59 Å². The van der Waals surface area contributed by atoms with Gasteiger partial charge in [0, 0.05) is 11.6 Å². The molecule has 5 nitrogen and oxygen atoms in total. The van der Waals surface area contributed by atoms with Crippen LogP contribution in [0.15, 0.2) is 71.3 Å². The summed E-state index contributed by atoms with van der Waals surface area (Å²) < 4.78 is 33.5. The Morgan fingerprint density at radius 1 is 0.970 bits per heavy atom. The largest absolute Gasteiger partial charge is 0.459 e. The molecule has 4 rings (SSSR count). The van der Waals surface area contributed by atoms with Crippen LogP contribution in [0.1, 0.15) is 59.8 Å². The molecule has 2 amide bonds. The van der Waals surface area contributed by atoms with Gasteiger partial charge in [0.1, 0.15) is 17.7 Å². The minimum atomic E-state index is -1.09. The van der Waals surface area contributed by atoms with E-state index in [0.717, 1.165) is 32.1 Å². The maximum absolute atomic E-state index is 14.5. The molecular weight excluding hydrogens is 426 g/mol. The highest BCUT2D eigenvalue weighted by molar-refractivity contribution is 5.96. The van der Waals surface area contributed by atoms with E-state index in [9.17, 15) is 18.4 Å². The number of hydrogen-bond donors (Lipinski definition) is 1. The van der Waals surface area contributed by atoms with Crippen LogP contribution in [0.5, 0.6) is 0 Å². The van der Waals surface area contributed by atoms with Crippen LogP contribution in [0.25, 0.3) is 0 Å². The highest BCUT2D eigenvalue weighted by atomic mass is 19.1. The number of nitrogens with zero attached hydrogens (tertiary/aromatic N) is 1. The molecule has 33 heavy (non-hydrogen) atoms. The molecule has 1 N–H and O–H groups in total. The lowest BCUT2D eigenvalue weighted by molar-refractivity contribution is -0.127. The lowest BCUT2D eigenvalue weighted by Gasteiger charge is -2.33. The van der Waals surface area contributed by atoms with Gasteiger partial charge in [-0.15, -0.1) is 0 Å². The van der Waals surface area contributed by atoms with Gasteiger partial charge >= 0.3 is 0 Å². The van der Waals surface area contributed by atoms with Crippen molar-refractivity contribution in [3.05, 3.63) is 95.4 Å². The minimum absolute atomic E-state index is 0.00299. The van der Waals surface area contributed by atoms with E-state index in [2.05, 4.69) is 5.32 Å². The second-order valence-corrected chi connectivity index (χ2v) is 8.30. The molecule has 1 aromatic heterocycles. The molecule has 1 atom stereocenters. The first-order valence-electron chi connectivity index (χ1n) is 11.2. The summed E-state index contributed by atoms with van der Waals surface area (Å²) in [6.45, 7) is -0.160. The molecule has 1 fully saturated rings. The Hall–Kier alpha value is -3.48. The average molecular weight is 453 g/mol. The van der Waals surface area contributed by atoms with Crippen molar-refractivity contribution in [2.45, 2.75) is 50.7 Å². The first-order chi connectivity index (χ1) is 16.0. The molecule has 0 saturated heterocycles. The van der Waals surface area contributed by atoms with Crippen molar-refractivity contribution < 1.29 is 22.8 Å². The molecule has 3 aromatic rings.